The van der Waals surface area contributed by atoms with Gasteiger partial charge in [-0.3, -0.25) is 4.79 Å². The van der Waals surface area contributed by atoms with Gasteiger partial charge in [0.15, 0.2) is 0 Å². The molecular weight excluding hydrogens is 374 g/mol. The van der Waals surface area contributed by atoms with Crippen LogP contribution in [0.15, 0.2) is 40.9 Å². The Kier molecular flexibility index (Phi) is 6.54. The molecule has 23 heavy (non-hydrogen) atoms. The van der Waals surface area contributed by atoms with Gasteiger partial charge in [0.25, 0.3) is 5.24 Å². The topological polar surface area (TPSA) is 38.3 Å². The third-order valence-electron chi connectivity index (χ3n) is 3.52. The molecule has 2 aromatic rings. The third kappa shape index (κ3) is 5.01. The lowest BCUT2D eigenvalue weighted by Gasteiger charge is -2.14. The Bertz CT molecular complexity index is 703. The van der Waals surface area contributed by atoms with E-state index in [0.717, 1.165) is 45.2 Å². The molecule has 0 aliphatic carbocycles. The summed E-state index contributed by atoms with van der Waals surface area (Å²) in [6.45, 7) is 4.58. The molecule has 0 aliphatic rings. The van der Waals surface area contributed by atoms with Gasteiger partial charge in [0.05, 0.1) is 0 Å². The maximum absolute atomic E-state index is 11.6. The summed E-state index contributed by atoms with van der Waals surface area (Å²) >= 11 is 4.62. The first-order valence-electron chi connectivity index (χ1n) is 7.39. The highest BCUT2D eigenvalue weighted by Crippen LogP contribution is 2.26. The highest BCUT2D eigenvalue weighted by Gasteiger charge is 2.09. The molecular formula is C18H20BrNO2S. The van der Waals surface area contributed by atoms with Crippen molar-refractivity contribution in [1.82, 2.24) is 0 Å². The van der Waals surface area contributed by atoms with Crippen LogP contribution in [0.4, 0.5) is 10.5 Å². The van der Waals surface area contributed by atoms with Crippen LogP contribution >= 0.6 is 27.7 Å². The Morgan fingerprint density at radius 1 is 1.26 bits per heavy atom. The van der Waals surface area contributed by atoms with E-state index < -0.39 is 0 Å². The molecule has 2 aromatic carbocycles. The monoisotopic (exact) mass is 393 g/mol. The zero-order valence-electron chi connectivity index (χ0n) is 13.5. The van der Waals surface area contributed by atoms with Crippen molar-refractivity contribution in [1.29, 1.82) is 0 Å². The summed E-state index contributed by atoms with van der Waals surface area (Å²) in [5, 5.41) is 2.79. The Hall–Kier alpha value is -1.46. The molecule has 3 nitrogen and oxygen atoms in total. The molecule has 5 heteroatoms. The number of halogens is 1. The lowest BCUT2D eigenvalue weighted by atomic mass is 10.1. The average molecular weight is 394 g/mol. The van der Waals surface area contributed by atoms with Gasteiger partial charge in [0.2, 0.25) is 0 Å². The average Bonchev–Trinajstić information content (AvgIpc) is 2.55. The number of carbonyl (C=O) groups excluding carboxylic acids is 1. The van der Waals surface area contributed by atoms with E-state index >= 15 is 0 Å². The summed E-state index contributed by atoms with van der Waals surface area (Å²) in [6, 6.07) is 12.0. The van der Waals surface area contributed by atoms with Crippen molar-refractivity contribution in [3.8, 4) is 5.75 Å². The van der Waals surface area contributed by atoms with Crippen molar-refractivity contribution in [2.75, 3.05) is 11.6 Å². The lowest BCUT2D eigenvalue weighted by Crippen LogP contribution is -2.08. The summed E-state index contributed by atoms with van der Waals surface area (Å²) in [4.78, 5) is 11.6. The number of anilines is 1. The first-order valence-corrected chi connectivity index (χ1v) is 9.41. The van der Waals surface area contributed by atoms with Crippen LogP contribution in [0, 0.1) is 6.92 Å². The largest absolute Gasteiger partial charge is 0.489 e. The minimum Gasteiger partial charge on any atom is -0.489 e. The highest BCUT2D eigenvalue weighted by atomic mass is 79.9. The summed E-state index contributed by atoms with van der Waals surface area (Å²) < 4.78 is 6.91. The maximum atomic E-state index is 11.6. The minimum absolute atomic E-state index is 0.0861. The van der Waals surface area contributed by atoms with Crippen molar-refractivity contribution in [2.45, 2.75) is 26.9 Å². The van der Waals surface area contributed by atoms with Gasteiger partial charge in [0, 0.05) is 15.7 Å². The van der Waals surface area contributed by atoms with Gasteiger partial charge in [-0.2, -0.15) is 0 Å². The van der Waals surface area contributed by atoms with Gasteiger partial charge in [0.1, 0.15) is 12.4 Å². The van der Waals surface area contributed by atoms with Crippen LogP contribution in [0.25, 0.3) is 0 Å². The maximum Gasteiger partial charge on any atom is 0.283 e. The van der Waals surface area contributed by atoms with Crippen LogP contribution in [-0.4, -0.2) is 11.5 Å². The predicted octanol–water partition coefficient (Wildman–Crippen LogP) is 5.79. The van der Waals surface area contributed by atoms with Gasteiger partial charge >= 0.3 is 0 Å². The smallest absolute Gasteiger partial charge is 0.283 e. The van der Waals surface area contributed by atoms with Crippen molar-refractivity contribution in [2.24, 2.45) is 0 Å². The number of amides is 1. The van der Waals surface area contributed by atoms with E-state index in [4.69, 9.17) is 4.74 Å². The van der Waals surface area contributed by atoms with E-state index in [1.165, 1.54) is 5.56 Å². The Balaban J connectivity index is 2.16. The highest BCUT2D eigenvalue weighted by molar-refractivity contribution is 9.10. The fraction of sp³-hybridized carbons (Fsp3) is 0.278. The molecule has 2 rings (SSSR count). The Morgan fingerprint density at radius 3 is 2.70 bits per heavy atom. The fourth-order valence-corrected chi connectivity index (χ4v) is 2.83. The number of nitrogens with one attached hydrogen (secondary N) is 1. The standard InChI is InChI=1S/C18H20BrNO2S/c1-4-13-5-8-17(12(2)9-13)22-11-14-10-15(19)6-7-16(14)20-18(21)23-3/h5-10H,4,11H2,1-3H3,(H,20,21). The van der Waals surface area contributed by atoms with E-state index in [-0.39, 0.29) is 5.24 Å². The van der Waals surface area contributed by atoms with E-state index in [1.807, 2.05) is 31.2 Å². The first kappa shape index (κ1) is 17.9. The SMILES string of the molecule is CCc1ccc(OCc2cc(Br)ccc2NC(=O)SC)c(C)c1. The van der Waals surface area contributed by atoms with E-state index in [2.05, 4.69) is 40.3 Å². The van der Waals surface area contributed by atoms with Crippen LogP contribution in [-0.2, 0) is 13.0 Å². The van der Waals surface area contributed by atoms with E-state index in [9.17, 15) is 4.79 Å². The second kappa shape index (κ2) is 8.41. The van der Waals surface area contributed by atoms with Crippen molar-refractivity contribution >= 4 is 38.6 Å². The van der Waals surface area contributed by atoms with Gasteiger partial charge in [-0.05, 0) is 55.0 Å². The first-order chi connectivity index (χ1) is 11.0. The molecule has 0 atom stereocenters. The van der Waals surface area contributed by atoms with Gasteiger partial charge in [-0.25, -0.2) is 0 Å². The molecule has 0 fully saturated rings. The van der Waals surface area contributed by atoms with Crippen LogP contribution in [0.5, 0.6) is 5.75 Å². The van der Waals surface area contributed by atoms with Gasteiger partial charge in [-0.1, -0.05) is 46.7 Å². The third-order valence-corrected chi connectivity index (χ3v) is 4.49. The summed E-state index contributed by atoms with van der Waals surface area (Å²) in [6.07, 6.45) is 2.76. The molecule has 0 bridgehead atoms. The molecule has 0 radical (unpaired) electrons. The summed E-state index contributed by atoms with van der Waals surface area (Å²) in [5.74, 6) is 0.865. The molecule has 0 spiro atoms. The molecule has 0 aromatic heterocycles. The number of aryl methyl sites for hydroxylation is 2. The molecule has 0 unspecified atom stereocenters. The summed E-state index contributed by atoms with van der Waals surface area (Å²) in [7, 11) is 0. The molecule has 0 saturated heterocycles. The van der Waals surface area contributed by atoms with Crippen molar-refractivity contribution < 1.29 is 9.53 Å². The van der Waals surface area contributed by atoms with Crippen LogP contribution in [0.2, 0.25) is 0 Å². The Morgan fingerprint density at radius 2 is 2.04 bits per heavy atom. The molecule has 122 valence electrons. The normalized spacial score (nSPS) is 10.4. The number of carbonyl (C=O) groups is 1. The van der Waals surface area contributed by atoms with Crippen molar-refractivity contribution in [3.63, 3.8) is 0 Å². The molecule has 1 amide bonds. The molecule has 1 N–H and O–H groups in total. The quantitative estimate of drug-likeness (QED) is 0.697. The predicted molar refractivity (Wildman–Crippen MR) is 102 cm³/mol. The Labute approximate surface area is 149 Å². The number of hydrogen-bond donors (Lipinski definition) is 1. The zero-order valence-corrected chi connectivity index (χ0v) is 15.9. The van der Waals surface area contributed by atoms with Crippen LogP contribution in [0.1, 0.15) is 23.6 Å². The summed E-state index contributed by atoms with van der Waals surface area (Å²) in [5.41, 5.74) is 4.12. The van der Waals surface area contributed by atoms with E-state index in [0.29, 0.717) is 6.61 Å². The molecule has 0 heterocycles. The van der Waals surface area contributed by atoms with Gasteiger partial charge < -0.3 is 10.1 Å². The zero-order chi connectivity index (χ0) is 16.8. The second-order valence-electron chi connectivity index (χ2n) is 5.16. The van der Waals surface area contributed by atoms with Gasteiger partial charge in [-0.15, -0.1) is 0 Å². The number of rotatable bonds is 5. The number of thioether (sulfide) groups is 1. The van der Waals surface area contributed by atoms with Crippen molar-refractivity contribution in [3.05, 3.63) is 57.6 Å². The fourth-order valence-electron chi connectivity index (χ4n) is 2.21. The number of ether oxygens (including phenoxy) is 1. The lowest BCUT2D eigenvalue weighted by molar-refractivity contribution is 0.269. The number of hydrogen-bond acceptors (Lipinski definition) is 3. The molecule has 0 aliphatic heterocycles. The van der Waals surface area contributed by atoms with Crippen LogP contribution in [0.3, 0.4) is 0 Å². The van der Waals surface area contributed by atoms with E-state index in [1.54, 1.807) is 6.26 Å². The number of benzene rings is 2. The minimum atomic E-state index is -0.0861. The second-order valence-corrected chi connectivity index (χ2v) is 6.85. The van der Waals surface area contributed by atoms with Crippen LogP contribution < -0.4 is 10.1 Å². The molecule has 0 saturated carbocycles.